The Balaban J connectivity index is 2.00. The molecule has 0 aromatic carbocycles. The van der Waals surface area contributed by atoms with E-state index in [0.29, 0.717) is 12.8 Å². The van der Waals surface area contributed by atoms with Gasteiger partial charge in [-0.15, -0.1) is 11.3 Å². The first-order valence-corrected chi connectivity index (χ1v) is 7.17. The van der Waals surface area contributed by atoms with Crippen molar-refractivity contribution in [1.82, 2.24) is 0 Å². The smallest absolute Gasteiger partial charge is 0.304 e. The zero-order chi connectivity index (χ0) is 12.4. The zero-order valence-electron chi connectivity index (χ0n) is 9.19. The van der Waals surface area contributed by atoms with Gasteiger partial charge in [-0.2, -0.15) is 0 Å². The second kappa shape index (κ2) is 5.31. The summed E-state index contributed by atoms with van der Waals surface area (Å²) in [6, 6.07) is 4.04. The van der Waals surface area contributed by atoms with E-state index in [4.69, 9.17) is 5.11 Å². The molecule has 1 saturated carbocycles. The van der Waals surface area contributed by atoms with Crippen molar-refractivity contribution in [2.45, 2.75) is 31.6 Å². The van der Waals surface area contributed by atoms with E-state index in [2.05, 4.69) is 15.9 Å². The number of carboxylic acids is 1. The number of rotatable bonds is 3. The lowest BCUT2D eigenvalue weighted by Crippen LogP contribution is -2.25. The standard InChI is InChI=1S/C12H13BrO3S/c13-11-4-3-10(17-11)8-2-1-7(6-12(15)16)9(14)5-8/h3-4,7-8H,1-2,5-6H2,(H,15,16). The van der Waals surface area contributed by atoms with Crippen molar-refractivity contribution < 1.29 is 14.7 Å². The Bertz CT molecular complexity index is 441. The van der Waals surface area contributed by atoms with E-state index in [1.165, 1.54) is 4.88 Å². The third-order valence-electron chi connectivity index (χ3n) is 3.18. The number of carbonyl (C=O) groups is 2. The Morgan fingerprint density at radius 3 is 2.76 bits per heavy atom. The van der Waals surface area contributed by atoms with Gasteiger partial charge >= 0.3 is 5.97 Å². The molecule has 1 heterocycles. The van der Waals surface area contributed by atoms with Gasteiger partial charge in [0.25, 0.3) is 0 Å². The van der Waals surface area contributed by atoms with E-state index in [1.807, 2.05) is 12.1 Å². The molecule has 1 fully saturated rings. The fourth-order valence-electron chi connectivity index (χ4n) is 2.29. The van der Waals surface area contributed by atoms with Crippen molar-refractivity contribution in [3.8, 4) is 0 Å². The maximum absolute atomic E-state index is 11.8. The van der Waals surface area contributed by atoms with Crippen LogP contribution < -0.4 is 0 Å². The predicted molar refractivity (Wildman–Crippen MR) is 69.4 cm³/mol. The Labute approximate surface area is 112 Å². The summed E-state index contributed by atoms with van der Waals surface area (Å²) >= 11 is 5.07. The maximum Gasteiger partial charge on any atom is 0.304 e. The molecular weight excluding hydrogens is 304 g/mol. The molecule has 1 N–H and O–H groups in total. The molecule has 3 nitrogen and oxygen atoms in total. The molecule has 1 aliphatic rings. The van der Waals surface area contributed by atoms with Crippen LogP contribution in [0.4, 0.5) is 0 Å². The molecule has 0 saturated heterocycles. The number of halogens is 1. The van der Waals surface area contributed by atoms with Gasteiger partial charge in [0.05, 0.1) is 10.2 Å². The highest BCUT2D eigenvalue weighted by molar-refractivity contribution is 9.11. The summed E-state index contributed by atoms with van der Waals surface area (Å²) < 4.78 is 1.08. The average molecular weight is 317 g/mol. The first-order valence-electron chi connectivity index (χ1n) is 5.56. The van der Waals surface area contributed by atoms with Crippen LogP contribution in [0.25, 0.3) is 0 Å². The van der Waals surface area contributed by atoms with Crippen molar-refractivity contribution >= 4 is 39.0 Å². The fraction of sp³-hybridized carbons (Fsp3) is 0.500. The van der Waals surface area contributed by atoms with Crippen LogP contribution in [0.3, 0.4) is 0 Å². The average Bonchev–Trinajstić information content (AvgIpc) is 2.67. The lowest BCUT2D eigenvalue weighted by molar-refractivity contribution is -0.141. The number of carboxylic acid groups (broad SMARTS) is 1. The first-order chi connectivity index (χ1) is 8.06. The molecule has 0 amide bonds. The van der Waals surface area contributed by atoms with Gasteiger partial charge in [-0.25, -0.2) is 0 Å². The van der Waals surface area contributed by atoms with Gasteiger partial charge in [-0.1, -0.05) is 0 Å². The van der Waals surface area contributed by atoms with Crippen LogP contribution in [0.2, 0.25) is 0 Å². The summed E-state index contributed by atoms with van der Waals surface area (Å²) in [5.41, 5.74) is 0. The van der Waals surface area contributed by atoms with Crippen LogP contribution in [-0.4, -0.2) is 16.9 Å². The van der Waals surface area contributed by atoms with Crippen LogP contribution in [0.15, 0.2) is 15.9 Å². The van der Waals surface area contributed by atoms with Crippen molar-refractivity contribution in [2.24, 2.45) is 5.92 Å². The number of hydrogen-bond donors (Lipinski definition) is 1. The minimum absolute atomic E-state index is 0.0142. The quantitative estimate of drug-likeness (QED) is 0.929. The van der Waals surface area contributed by atoms with Gasteiger partial charge in [-0.3, -0.25) is 9.59 Å². The topological polar surface area (TPSA) is 54.4 Å². The Morgan fingerprint density at radius 2 is 2.24 bits per heavy atom. The molecular formula is C12H13BrO3S. The van der Waals surface area contributed by atoms with Gasteiger partial charge in [0.1, 0.15) is 5.78 Å². The number of Topliss-reactive ketones (excluding diaryl/α,β-unsaturated/α-hetero) is 1. The minimum atomic E-state index is -0.874. The van der Waals surface area contributed by atoms with E-state index < -0.39 is 5.97 Å². The molecule has 0 aliphatic heterocycles. The van der Waals surface area contributed by atoms with E-state index in [1.54, 1.807) is 11.3 Å². The molecule has 17 heavy (non-hydrogen) atoms. The minimum Gasteiger partial charge on any atom is -0.481 e. The van der Waals surface area contributed by atoms with E-state index in [0.717, 1.165) is 10.2 Å². The van der Waals surface area contributed by atoms with Gasteiger partial charge in [0, 0.05) is 23.1 Å². The summed E-state index contributed by atoms with van der Waals surface area (Å²) in [4.78, 5) is 23.7. The Hall–Kier alpha value is -0.680. The monoisotopic (exact) mass is 316 g/mol. The summed E-state index contributed by atoms with van der Waals surface area (Å²) in [6.07, 6.45) is 2.09. The van der Waals surface area contributed by atoms with Crippen LogP contribution in [0.1, 0.15) is 36.5 Å². The highest BCUT2D eigenvalue weighted by Crippen LogP contribution is 2.38. The number of ketones is 1. The van der Waals surface area contributed by atoms with Gasteiger partial charge in [-0.05, 0) is 40.9 Å². The van der Waals surface area contributed by atoms with Gasteiger partial charge in [0.15, 0.2) is 0 Å². The molecule has 1 aromatic rings. The molecule has 2 rings (SSSR count). The van der Waals surface area contributed by atoms with Gasteiger partial charge in [0.2, 0.25) is 0 Å². The first kappa shape index (κ1) is 12.8. The SMILES string of the molecule is O=C(O)CC1CCC(c2ccc(Br)s2)CC1=O. The lowest BCUT2D eigenvalue weighted by Gasteiger charge is -2.25. The van der Waals surface area contributed by atoms with Crippen LogP contribution in [0.5, 0.6) is 0 Å². The number of thiophene rings is 1. The maximum atomic E-state index is 11.8. The molecule has 2 unspecified atom stereocenters. The summed E-state index contributed by atoms with van der Waals surface area (Å²) in [7, 11) is 0. The molecule has 2 atom stereocenters. The van der Waals surface area contributed by atoms with Crippen molar-refractivity contribution in [3.63, 3.8) is 0 Å². The van der Waals surface area contributed by atoms with E-state index in [9.17, 15) is 9.59 Å². The highest BCUT2D eigenvalue weighted by Gasteiger charge is 2.31. The number of aliphatic carboxylic acids is 1. The zero-order valence-corrected chi connectivity index (χ0v) is 11.6. The van der Waals surface area contributed by atoms with Crippen LogP contribution in [0, 0.1) is 5.92 Å². The molecule has 1 aromatic heterocycles. The Morgan fingerprint density at radius 1 is 1.47 bits per heavy atom. The number of carbonyl (C=O) groups excluding carboxylic acids is 1. The Kier molecular flexibility index (Phi) is 3.99. The van der Waals surface area contributed by atoms with Gasteiger partial charge < -0.3 is 5.11 Å². The molecule has 5 heteroatoms. The van der Waals surface area contributed by atoms with Crippen LogP contribution >= 0.6 is 27.3 Å². The number of hydrogen-bond acceptors (Lipinski definition) is 3. The molecule has 92 valence electrons. The largest absolute Gasteiger partial charge is 0.481 e. The lowest BCUT2D eigenvalue weighted by atomic mass is 9.79. The molecule has 0 spiro atoms. The third-order valence-corrected chi connectivity index (χ3v) is 4.97. The van der Waals surface area contributed by atoms with Crippen molar-refractivity contribution in [1.29, 1.82) is 0 Å². The normalized spacial score (nSPS) is 24.9. The predicted octanol–water partition coefficient (Wildman–Crippen LogP) is 3.44. The summed E-state index contributed by atoms with van der Waals surface area (Å²) in [5, 5.41) is 8.71. The third kappa shape index (κ3) is 3.16. The van der Waals surface area contributed by atoms with Crippen molar-refractivity contribution in [3.05, 3.63) is 20.8 Å². The van der Waals surface area contributed by atoms with Crippen molar-refractivity contribution in [2.75, 3.05) is 0 Å². The molecule has 0 radical (unpaired) electrons. The summed E-state index contributed by atoms with van der Waals surface area (Å²) in [5.74, 6) is -0.759. The molecule has 1 aliphatic carbocycles. The second-order valence-corrected chi connectivity index (χ2v) is 6.88. The highest BCUT2D eigenvalue weighted by atomic mass is 79.9. The fourth-order valence-corrected chi connectivity index (χ4v) is 3.85. The van der Waals surface area contributed by atoms with E-state index in [-0.39, 0.29) is 24.0 Å². The van der Waals surface area contributed by atoms with E-state index >= 15 is 0 Å². The summed E-state index contributed by atoms with van der Waals surface area (Å²) in [6.45, 7) is 0. The second-order valence-electron chi connectivity index (χ2n) is 4.38. The van der Waals surface area contributed by atoms with Crippen LogP contribution in [-0.2, 0) is 9.59 Å². The molecule has 0 bridgehead atoms.